The molecule has 0 bridgehead atoms. The Hall–Kier alpha value is -4.13. The monoisotopic (exact) mass is 399 g/mol. The highest BCUT2D eigenvalue weighted by atomic mass is 19.1. The minimum atomic E-state index is -0.427. The molecule has 148 valence electrons. The molecule has 5 aromatic rings. The number of rotatable bonds is 4. The van der Waals surface area contributed by atoms with Crippen molar-refractivity contribution in [3.8, 4) is 0 Å². The first-order valence-corrected chi connectivity index (χ1v) is 9.50. The van der Waals surface area contributed by atoms with Gasteiger partial charge in [-0.25, -0.2) is 14.2 Å². The van der Waals surface area contributed by atoms with E-state index in [4.69, 9.17) is 0 Å². The van der Waals surface area contributed by atoms with Gasteiger partial charge in [0.15, 0.2) is 0 Å². The Morgan fingerprint density at radius 2 is 1.93 bits per heavy atom. The van der Waals surface area contributed by atoms with Crippen molar-refractivity contribution in [3.63, 3.8) is 0 Å². The zero-order valence-corrected chi connectivity index (χ0v) is 15.9. The summed E-state index contributed by atoms with van der Waals surface area (Å²) in [6, 6.07) is 17.0. The lowest BCUT2D eigenvalue weighted by Gasteiger charge is -2.10. The second kappa shape index (κ2) is 7.36. The van der Waals surface area contributed by atoms with Gasteiger partial charge < -0.3 is 20.2 Å². The molecule has 3 aromatic heterocycles. The fourth-order valence-electron chi connectivity index (χ4n) is 3.65. The molecule has 0 atom stereocenters. The maximum absolute atomic E-state index is 13.3. The molecule has 5 rings (SSSR count). The van der Waals surface area contributed by atoms with Crippen LogP contribution in [0.2, 0.25) is 0 Å². The van der Waals surface area contributed by atoms with E-state index in [-0.39, 0.29) is 0 Å². The third kappa shape index (κ3) is 3.37. The topological polar surface area (TPSA) is 74.7 Å². The summed E-state index contributed by atoms with van der Waals surface area (Å²) in [5, 5.41) is 7.51. The summed E-state index contributed by atoms with van der Waals surface area (Å²) in [5.74, 6) is -0.403. The largest absolute Gasteiger partial charge is 0.346 e. The summed E-state index contributed by atoms with van der Waals surface area (Å²) in [5.41, 5.74) is 4.07. The number of halogens is 1. The van der Waals surface area contributed by atoms with Gasteiger partial charge in [-0.3, -0.25) is 0 Å². The van der Waals surface area contributed by atoms with E-state index in [1.807, 2.05) is 48.8 Å². The Kier molecular flexibility index (Phi) is 4.40. The van der Waals surface area contributed by atoms with Crippen LogP contribution >= 0.6 is 0 Å². The van der Waals surface area contributed by atoms with Crippen LogP contribution in [0.15, 0.2) is 79.3 Å². The van der Waals surface area contributed by atoms with Crippen molar-refractivity contribution in [2.75, 3.05) is 10.6 Å². The third-order valence-electron chi connectivity index (χ3n) is 5.02. The van der Waals surface area contributed by atoms with Crippen molar-refractivity contribution in [2.24, 2.45) is 0 Å². The molecule has 0 saturated heterocycles. The molecule has 0 saturated carbocycles. The van der Waals surface area contributed by atoms with Gasteiger partial charge in [0.25, 0.3) is 0 Å². The Morgan fingerprint density at radius 1 is 1.03 bits per heavy atom. The van der Waals surface area contributed by atoms with Crippen LogP contribution in [0, 0.1) is 5.82 Å². The fourth-order valence-corrected chi connectivity index (χ4v) is 3.65. The molecule has 2 amide bonds. The number of pyridine rings is 1. The Morgan fingerprint density at radius 3 is 2.83 bits per heavy atom. The van der Waals surface area contributed by atoms with Crippen molar-refractivity contribution in [1.82, 2.24) is 14.5 Å². The number of nitrogens with zero attached hydrogens (tertiary/aromatic N) is 2. The maximum atomic E-state index is 13.3. The predicted octanol–water partition coefficient (Wildman–Crippen LogP) is 5.35. The summed E-state index contributed by atoms with van der Waals surface area (Å²) < 4.78 is 15.5. The highest BCUT2D eigenvalue weighted by Crippen LogP contribution is 2.26. The van der Waals surface area contributed by atoms with Crippen molar-refractivity contribution in [1.29, 1.82) is 0 Å². The van der Waals surface area contributed by atoms with Gasteiger partial charge in [0.1, 0.15) is 11.5 Å². The lowest BCUT2D eigenvalue weighted by molar-refractivity contribution is 0.262. The number of anilines is 2. The zero-order chi connectivity index (χ0) is 20.5. The van der Waals surface area contributed by atoms with E-state index in [1.165, 1.54) is 12.1 Å². The minimum absolute atomic E-state index is 0.394. The molecule has 0 fully saturated rings. The Balaban J connectivity index is 1.40. The summed E-state index contributed by atoms with van der Waals surface area (Å²) in [7, 11) is 0. The first-order chi connectivity index (χ1) is 14.7. The third-order valence-corrected chi connectivity index (χ3v) is 5.02. The van der Waals surface area contributed by atoms with Crippen molar-refractivity contribution in [2.45, 2.75) is 6.54 Å². The smallest absolute Gasteiger partial charge is 0.323 e. The fraction of sp³-hybridized carbons (Fsp3) is 0.0435. The van der Waals surface area contributed by atoms with Crippen LogP contribution in [-0.4, -0.2) is 20.6 Å². The number of benzene rings is 2. The standard InChI is InChI=1S/C23H18FN5O/c24-16-4-1-5-17(12-16)27-23(30)28-20-7-2-8-21-19(20)9-11-29(21)14-15-13-26-22-18(15)6-3-10-25-22/h1-13H,14H2,(H,25,26)(H2,27,28,30). The average molecular weight is 399 g/mol. The number of hydrogen-bond donors (Lipinski definition) is 3. The van der Waals surface area contributed by atoms with Gasteiger partial charge in [0.05, 0.1) is 11.2 Å². The molecule has 6 nitrogen and oxygen atoms in total. The van der Waals surface area contributed by atoms with Crippen LogP contribution in [0.5, 0.6) is 0 Å². The summed E-state index contributed by atoms with van der Waals surface area (Å²) in [4.78, 5) is 19.9. The number of nitrogens with one attached hydrogen (secondary N) is 3. The SMILES string of the molecule is O=C(Nc1cccc(F)c1)Nc1cccc2c1ccn2Cc1c[nH]c2ncccc12. The van der Waals surface area contributed by atoms with Crippen molar-refractivity contribution < 1.29 is 9.18 Å². The van der Waals surface area contributed by atoms with E-state index in [9.17, 15) is 9.18 Å². The van der Waals surface area contributed by atoms with Gasteiger partial charge in [-0.2, -0.15) is 0 Å². The van der Waals surface area contributed by atoms with Crippen LogP contribution in [-0.2, 0) is 6.54 Å². The first-order valence-electron chi connectivity index (χ1n) is 9.50. The van der Waals surface area contributed by atoms with Gasteiger partial charge in [-0.15, -0.1) is 0 Å². The second-order valence-corrected chi connectivity index (χ2v) is 6.98. The maximum Gasteiger partial charge on any atom is 0.323 e. The number of urea groups is 1. The van der Waals surface area contributed by atoms with Gasteiger partial charge in [0.2, 0.25) is 0 Å². The molecular formula is C23H18FN5O. The van der Waals surface area contributed by atoms with Gasteiger partial charge >= 0.3 is 6.03 Å². The Bertz CT molecular complexity index is 1370. The van der Waals surface area contributed by atoms with Crippen LogP contribution in [0.25, 0.3) is 21.9 Å². The van der Waals surface area contributed by atoms with Gasteiger partial charge in [-0.05, 0) is 54.1 Å². The van der Waals surface area contributed by atoms with E-state index in [0.717, 1.165) is 27.5 Å². The van der Waals surface area contributed by atoms with E-state index in [1.54, 1.807) is 18.3 Å². The minimum Gasteiger partial charge on any atom is -0.346 e. The van der Waals surface area contributed by atoms with E-state index >= 15 is 0 Å². The first kappa shape index (κ1) is 17.9. The molecule has 0 unspecified atom stereocenters. The number of aromatic nitrogens is 3. The molecule has 3 N–H and O–H groups in total. The summed E-state index contributed by atoms with van der Waals surface area (Å²) >= 11 is 0. The van der Waals surface area contributed by atoms with E-state index in [0.29, 0.717) is 17.9 Å². The van der Waals surface area contributed by atoms with Gasteiger partial charge in [0, 0.05) is 41.6 Å². The lowest BCUT2D eigenvalue weighted by Crippen LogP contribution is -2.19. The zero-order valence-electron chi connectivity index (χ0n) is 15.9. The Labute approximate surface area is 171 Å². The average Bonchev–Trinajstić information content (AvgIpc) is 3.34. The van der Waals surface area contributed by atoms with E-state index in [2.05, 4.69) is 25.2 Å². The lowest BCUT2D eigenvalue weighted by atomic mass is 10.2. The van der Waals surface area contributed by atoms with Crippen LogP contribution in [0.3, 0.4) is 0 Å². The number of hydrogen-bond acceptors (Lipinski definition) is 2. The molecule has 0 aliphatic carbocycles. The normalized spacial score (nSPS) is 11.1. The highest BCUT2D eigenvalue weighted by molar-refractivity contribution is 6.05. The number of fused-ring (bicyclic) bond motifs is 2. The highest BCUT2D eigenvalue weighted by Gasteiger charge is 2.11. The van der Waals surface area contributed by atoms with Crippen molar-refractivity contribution >= 4 is 39.3 Å². The quantitative estimate of drug-likeness (QED) is 0.381. The molecule has 0 aliphatic heterocycles. The van der Waals surface area contributed by atoms with E-state index < -0.39 is 11.8 Å². The van der Waals surface area contributed by atoms with Crippen LogP contribution in [0.4, 0.5) is 20.6 Å². The number of H-pyrrole nitrogens is 1. The molecular weight excluding hydrogens is 381 g/mol. The van der Waals surface area contributed by atoms with Gasteiger partial charge in [-0.1, -0.05) is 12.1 Å². The van der Waals surface area contributed by atoms with Crippen LogP contribution < -0.4 is 10.6 Å². The molecule has 2 aromatic carbocycles. The number of amides is 2. The number of carbonyl (C=O) groups is 1. The molecule has 30 heavy (non-hydrogen) atoms. The molecule has 0 spiro atoms. The van der Waals surface area contributed by atoms with Crippen LogP contribution in [0.1, 0.15) is 5.56 Å². The molecule has 7 heteroatoms. The van der Waals surface area contributed by atoms with Crippen molar-refractivity contribution in [3.05, 3.63) is 90.6 Å². The molecule has 0 radical (unpaired) electrons. The predicted molar refractivity (Wildman–Crippen MR) is 116 cm³/mol. The molecule has 3 heterocycles. The summed E-state index contributed by atoms with van der Waals surface area (Å²) in [6.07, 6.45) is 5.73. The number of aromatic amines is 1. The molecule has 0 aliphatic rings. The number of carbonyl (C=O) groups excluding carboxylic acids is 1. The summed E-state index contributed by atoms with van der Waals surface area (Å²) in [6.45, 7) is 0.675. The second-order valence-electron chi connectivity index (χ2n) is 6.98.